The zero-order valence-electron chi connectivity index (χ0n) is 36.0. The first-order valence-corrected chi connectivity index (χ1v) is 21.9. The molecule has 6 aliphatic heterocycles. The number of fused-ring (bicyclic) bond motifs is 3. The van der Waals surface area contributed by atoms with Gasteiger partial charge in [0.05, 0.1) is 5.92 Å². The number of hydrogen-bond donors (Lipinski definition) is 6. The summed E-state index contributed by atoms with van der Waals surface area (Å²) in [4.78, 5) is 101. The molecular weight excluding hydrogens is 819 g/mol. The summed E-state index contributed by atoms with van der Waals surface area (Å²) in [5, 5.41) is 15.5. The highest BCUT2D eigenvalue weighted by molar-refractivity contribution is 6.04. The van der Waals surface area contributed by atoms with Gasteiger partial charge in [0, 0.05) is 62.3 Å². The largest absolute Gasteiger partial charge is 0.374 e. The minimum atomic E-state index is -0.635. The van der Waals surface area contributed by atoms with Crippen LogP contribution in [0.5, 0.6) is 0 Å². The maximum absolute atomic E-state index is 12.6. The Morgan fingerprint density at radius 3 is 1.52 bits per heavy atom. The van der Waals surface area contributed by atoms with Crippen molar-refractivity contribution in [3.63, 3.8) is 0 Å². The molecule has 336 valence electrons. The molecule has 0 saturated carbocycles. The monoisotopic (exact) mass is 873 g/mol. The lowest BCUT2D eigenvalue weighted by atomic mass is 9.89. The second-order valence-electron chi connectivity index (χ2n) is 16.7. The minimum absolute atomic E-state index is 0.143. The second-order valence-corrected chi connectivity index (χ2v) is 16.7. The molecule has 1 unspecified atom stereocenters. The van der Waals surface area contributed by atoms with Gasteiger partial charge in [-0.15, -0.1) is 0 Å². The predicted molar refractivity (Wildman–Crippen MR) is 239 cm³/mol. The Labute approximate surface area is 371 Å². The van der Waals surface area contributed by atoms with Crippen LogP contribution in [0.2, 0.25) is 0 Å². The predicted octanol–water partition coefficient (Wildman–Crippen LogP) is 3.43. The number of para-hydroxylation sites is 3. The number of hydrogen-bond acceptors (Lipinski definition) is 9. The van der Waals surface area contributed by atoms with E-state index in [1.54, 1.807) is 9.80 Å². The lowest BCUT2D eigenvalue weighted by Gasteiger charge is -2.33. The molecule has 3 saturated heterocycles. The summed E-state index contributed by atoms with van der Waals surface area (Å²) >= 11 is 0. The van der Waals surface area contributed by atoms with Crippen LogP contribution in [-0.2, 0) is 41.6 Å². The maximum Gasteiger partial charge on any atom is 0.322 e. The molecule has 6 heterocycles. The molecule has 0 radical (unpaired) electrons. The molecule has 9 rings (SSSR count). The molecule has 0 bridgehead atoms. The standard InChI is InChI=1S/C16H19N3O3.C16H19N3O2.C15H17N3O3/c1-19-9-8-11(10-4-2-3-5-13(10)19)15(21)17-12-6-7-14(20)18-16(12)22;1-11-8-9-13(15(20)17-11)18-16(21)19-10-4-6-12-5-2-3-7-14(12)19;19-13-8-7-11(14(20)17-13)16-15(21)18-9-3-5-10-4-1-2-6-12(10)18/h2-5,11-12H,6-9H2,1H3,(H,17,21)(H,18,20,22);2-3,5,7,13H,1,4,6,8-10H2,(H,17,20)(H,18,21);1-2,4,6,11H,3,5,7-9H2,(H,16,21)(H,17,19,20)/t11?,12-;13-;11-/m001/s1. The van der Waals surface area contributed by atoms with Crippen molar-refractivity contribution in [2.45, 2.75) is 94.7 Å². The van der Waals surface area contributed by atoms with E-state index in [1.165, 1.54) is 5.56 Å². The third-order valence-corrected chi connectivity index (χ3v) is 12.2. The molecule has 0 spiro atoms. The summed E-state index contributed by atoms with van der Waals surface area (Å²) in [6, 6.07) is 21.3. The fourth-order valence-corrected chi connectivity index (χ4v) is 8.79. The van der Waals surface area contributed by atoms with Crippen LogP contribution in [0.1, 0.15) is 80.4 Å². The van der Waals surface area contributed by atoms with Gasteiger partial charge in [-0.05, 0) is 92.7 Å². The Kier molecular flexibility index (Phi) is 14.4. The van der Waals surface area contributed by atoms with E-state index in [2.05, 4.69) is 43.4 Å². The zero-order chi connectivity index (χ0) is 45.3. The van der Waals surface area contributed by atoms with Gasteiger partial charge >= 0.3 is 12.1 Å². The second kappa shape index (κ2) is 20.4. The van der Waals surface area contributed by atoms with Crippen LogP contribution in [0.25, 0.3) is 0 Å². The normalized spacial score (nSPS) is 22.5. The Morgan fingerprint density at radius 1 is 0.547 bits per heavy atom. The quantitative estimate of drug-likeness (QED) is 0.212. The van der Waals surface area contributed by atoms with Gasteiger partial charge in [-0.3, -0.25) is 49.2 Å². The molecule has 17 nitrogen and oxygen atoms in total. The molecular formula is C47H55N9O8. The smallest absolute Gasteiger partial charge is 0.322 e. The van der Waals surface area contributed by atoms with E-state index >= 15 is 0 Å². The van der Waals surface area contributed by atoms with Gasteiger partial charge in [0.15, 0.2) is 0 Å². The summed E-state index contributed by atoms with van der Waals surface area (Å²) in [6.07, 6.45) is 7.05. The summed E-state index contributed by atoms with van der Waals surface area (Å²) in [6.45, 7) is 5.86. The number of carbonyl (C=O) groups is 8. The van der Waals surface area contributed by atoms with Crippen molar-refractivity contribution in [3.8, 4) is 0 Å². The SMILES string of the molecule is C=C1CC[C@H](NC(=O)N2CCCc3ccccc32)C(=O)N1.CN1CCC(C(=O)N[C@H]2CCC(=O)NC2=O)c2ccccc21.O=C1CC[C@@H](NC(=O)N2CCCc3ccccc32)C(=O)N1. The van der Waals surface area contributed by atoms with Gasteiger partial charge in [0.1, 0.15) is 18.1 Å². The molecule has 3 aromatic carbocycles. The van der Waals surface area contributed by atoms with Gasteiger partial charge in [-0.2, -0.15) is 0 Å². The summed E-state index contributed by atoms with van der Waals surface area (Å²) < 4.78 is 0. The number of nitrogens with one attached hydrogen (secondary N) is 6. The van der Waals surface area contributed by atoms with Crippen molar-refractivity contribution < 1.29 is 38.4 Å². The first-order chi connectivity index (χ1) is 30.9. The summed E-state index contributed by atoms with van der Waals surface area (Å²) in [7, 11) is 2.01. The maximum atomic E-state index is 12.6. The first kappa shape index (κ1) is 45.0. The number of benzene rings is 3. The lowest BCUT2D eigenvalue weighted by Crippen LogP contribution is -2.55. The highest BCUT2D eigenvalue weighted by Crippen LogP contribution is 2.35. The lowest BCUT2D eigenvalue weighted by molar-refractivity contribution is -0.137. The molecule has 0 aliphatic carbocycles. The molecule has 64 heavy (non-hydrogen) atoms. The third kappa shape index (κ3) is 10.8. The van der Waals surface area contributed by atoms with Gasteiger partial charge in [0.2, 0.25) is 35.4 Å². The van der Waals surface area contributed by atoms with E-state index in [0.717, 1.165) is 60.4 Å². The Bertz CT molecular complexity index is 2230. The van der Waals surface area contributed by atoms with E-state index in [-0.39, 0.29) is 54.5 Å². The van der Waals surface area contributed by atoms with Crippen LogP contribution < -0.4 is 46.6 Å². The Balaban J connectivity index is 0.000000144. The summed E-state index contributed by atoms with van der Waals surface area (Å²) in [5.74, 6) is -1.97. The number of allylic oxidation sites excluding steroid dienone is 1. The van der Waals surface area contributed by atoms with Crippen LogP contribution in [0, 0.1) is 0 Å². The van der Waals surface area contributed by atoms with Crippen molar-refractivity contribution in [2.24, 2.45) is 0 Å². The summed E-state index contributed by atoms with van der Waals surface area (Å²) in [5.41, 5.74) is 6.92. The molecule has 10 amide bonds. The number of urea groups is 2. The van der Waals surface area contributed by atoms with E-state index in [9.17, 15) is 38.4 Å². The van der Waals surface area contributed by atoms with Crippen molar-refractivity contribution >= 4 is 64.6 Å². The van der Waals surface area contributed by atoms with Crippen LogP contribution in [0.3, 0.4) is 0 Å². The fraction of sp³-hybridized carbons (Fsp3) is 0.404. The number of aryl methyl sites for hydroxylation is 2. The van der Waals surface area contributed by atoms with Crippen molar-refractivity contribution in [2.75, 3.05) is 41.4 Å². The fourth-order valence-electron chi connectivity index (χ4n) is 8.79. The Hall–Kier alpha value is -7.04. The van der Waals surface area contributed by atoms with Gasteiger partial charge in [-0.25, -0.2) is 9.59 Å². The number of nitrogens with zero attached hydrogens (tertiary/aromatic N) is 3. The highest BCUT2D eigenvalue weighted by atomic mass is 16.2. The van der Waals surface area contributed by atoms with Crippen LogP contribution in [0.4, 0.5) is 26.7 Å². The minimum Gasteiger partial charge on any atom is -0.374 e. The Morgan fingerprint density at radius 2 is 1.00 bits per heavy atom. The van der Waals surface area contributed by atoms with Crippen LogP contribution in [0.15, 0.2) is 85.1 Å². The molecule has 6 N–H and O–H groups in total. The number of anilines is 3. The molecule has 3 fully saturated rings. The number of rotatable bonds is 4. The average molecular weight is 874 g/mol. The van der Waals surface area contributed by atoms with Crippen molar-refractivity contribution in [1.29, 1.82) is 0 Å². The van der Waals surface area contributed by atoms with E-state index < -0.39 is 29.9 Å². The van der Waals surface area contributed by atoms with Crippen molar-refractivity contribution in [3.05, 3.63) is 102 Å². The number of carbonyl (C=O) groups excluding carboxylic acids is 8. The van der Waals surface area contributed by atoms with E-state index in [4.69, 9.17) is 0 Å². The van der Waals surface area contributed by atoms with Gasteiger partial charge in [-0.1, -0.05) is 61.2 Å². The van der Waals surface area contributed by atoms with Crippen LogP contribution >= 0.6 is 0 Å². The van der Waals surface area contributed by atoms with Crippen molar-refractivity contribution in [1.82, 2.24) is 31.9 Å². The van der Waals surface area contributed by atoms with E-state index in [0.29, 0.717) is 50.9 Å². The number of imide groups is 2. The van der Waals surface area contributed by atoms with Crippen LogP contribution in [-0.4, -0.2) is 92.3 Å². The molecule has 17 heteroatoms. The zero-order valence-corrected chi connectivity index (χ0v) is 36.0. The van der Waals surface area contributed by atoms with E-state index in [1.807, 2.05) is 79.8 Å². The number of amides is 10. The molecule has 6 aliphatic rings. The molecule has 3 aromatic rings. The topological polar surface area (TPSA) is 218 Å². The number of piperidine rings is 3. The highest BCUT2D eigenvalue weighted by Gasteiger charge is 2.35. The van der Waals surface area contributed by atoms with Gasteiger partial charge in [0.25, 0.3) is 0 Å². The molecule has 4 atom stereocenters. The first-order valence-electron chi connectivity index (χ1n) is 21.9. The van der Waals surface area contributed by atoms with Gasteiger partial charge < -0.3 is 26.2 Å². The average Bonchev–Trinajstić information content (AvgIpc) is 3.29. The molecule has 0 aromatic heterocycles. The third-order valence-electron chi connectivity index (χ3n) is 12.2.